The van der Waals surface area contributed by atoms with Crippen LogP contribution in [0.4, 0.5) is 10.6 Å². The van der Waals surface area contributed by atoms with Crippen LogP contribution in [0.1, 0.15) is 30.1 Å². The quantitative estimate of drug-likeness (QED) is 0.875. The lowest BCUT2D eigenvalue weighted by atomic mass is 10.1. The van der Waals surface area contributed by atoms with Crippen molar-refractivity contribution < 1.29 is 9.59 Å². The molecule has 1 fully saturated rings. The van der Waals surface area contributed by atoms with Gasteiger partial charge in [0, 0.05) is 32.6 Å². The highest BCUT2D eigenvalue weighted by atomic mass is 16.2. The van der Waals surface area contributed by atoms with Gasteiger partial charge in [-0.05, 0) is 18.9 Å². The van der Waals surface area contributed by atoms with Crippen molar-refractivity contribution in [2.45, 2.75) is 25.8 Å². The summed E-state index contributed by atoms with van der Waals surface area (Å²) in [6.07, 6.45) is 1.46. The third kappa shape index (κ3) is 4.17. The fourth-order valence-corrected chi connectivity index (χ4v) is 3.08. The van der Waals surface area contributed by atoms with E-state index in [0.717, 1.165) is 24.2 Å². The van der Waals surface area contributed by atoms with Gasteiger partial charge in [-0.1, -0.05) is 30.3 Å². The van der Waals surface area contributed by atoms with E-state index < -0.39 is 0 Å². The molecule has 1 aromatic carbocycles. The van der Waals surface area contributed by atoms with E-state index in [9.17, 15) is 9.59 Å². The topological polar surface area (TPSA) is 79.3 Å². The molecule has 1 atom stereocenters. The SMILES string of the molecule is Cc1cc(NC(=O)N[C@H](CN2CCCC2=O)c2ccccc2)n(C)n1. The molecule has 1 aliphatic rings. The van der Waals surface area contributed by atoms with Crippen LogP contribution >= 0.6 is 0 Å². The highest BCUT2D eigenvalue weighted by Gasteiger charge is 2.25. The van der Waals surface area contributed by atoms with Crippen molar-refractivity contribution in [2.75, 3.05) is 18.4 Å². The summed E-state index contributed by atoms with van der Waals surface area (Å²) in [4.78, 5) is 26.2. The summed E-state index contributed by atoms with van der Waals surface area (Å²) >= 11 is 0. The average molecular weight is 341 g/mol. The summed E-state index contributed by atoms with van der Waals surface area (Å²) in [5.74, 6) is 0.768. The second-order valence-corrected chi connectivity index (χ2v) is 6.30. The number of aromatic nitrogens is 2. The van der Waals surface area contributed by atoms with Crippen LogP contribution in [0.2, 0.25) is 0 Å². The molecule has 0 unspecified atom stereocenters. The Morgan fingerprint density at radius 2 is 2.08 bits per heavy atom. The molecule has 3 amide bonds. The van der Waals surface area contributed by atoms with E-state index in [0.29, 0.717) is 18.8 Å². The number of nitrogens with zero attached hydrogens (tertiary/aromatic N) is 3. The molecule has 0 spiro atoms. The molecular formula is C18H23N5O2. The Morgan fingerprint density at radius 1 is 1.32 bits per heavy atom. The van der Waals surface area contributed by atoms with Gasteiger partial charge >= 0.3 is 6.03 Å². The smallest absolute Gasteiger partial charge is 0.320 e. The molecule has 1 aliphatic heterocycles. The first-order valence-electron chi connectivity index (χ1n) is 8.44. The van der Waals surface area contributed by atoms with Crippen LogP contribution in [-0.2, 0) is 11.8 Å². The number of rotatable bonds is 5. The highest BCUT2D eigenvalue weighted by molar-refractivity contribution is 5.88. The van der Waals surface area contributed by atoms with Gasteiger partial charge in [-0.3, -0.25) is 14.8 Å². The summed E-state index contributed by atoms with van der Waals surface area (Å²) in [7, 11) is 1.78. The van der Waals surface area contributed by atoms with Crippen molar-refractivity contribution in [3.63, 3.8) is 0 Å². The molecule has 0 radical (unpaired) electrons. The number of carbonyl (C=O) groups is 2. The zero-order chi connectivity index (χ0) is 17.8. The van der Waals surface area contributed by atoms with Gasteiger partial charge in [0.2, 0.25) is 5.91 Å². The molecule has 1 saturated heterocycles. The maximum absolute atomic E-state index is 12.4. The Balaban J connectivity index is 1.71. The van der Waals surface area contributed by atoms with Gasteiger partial charge < -0.3 is 10.2 Å². The number of carbonyl (C=O) groups excluding carboxylic acids is 2. The van der Waals surface area contributed by atoms with Crippen molar-refractivity contribution in [2.24, 2.45) is 7.05 Å². The largest absolute Gasteiger partial charge is 0.340 e. The standard InChI is InChI=1S/C18H23N5O2/c1-13-11-16(22(2)21-13)20-18(25)19-15(14-7-4-3-5-8-14)12-23-10-6-9-17(23)24/h3-5,7-8,11,15H,6,9-10,12H2,1-2H3,(H2,19,20,25)/t15-/m1/s1. The van der Waals surface area contributed by atoms with Crippen LogP contribution in [0, 0.1) is 6.92 Å². The van der Waals surface area contributed by atoms with E-state index in [-0.39, 0.29) is 18.0 Å². The van der Waals surface area contributed by atoms with Gasteiger partial charge in [-0.2, -0.15) is 5.10 Å². The molecule has 132 valence electrons. The lowest BCUT2D eigenvalue weighted by Gasteiger charge is -2.25. The number of nitrogens with one attached hydrogen (secondary N) is 2. The van der Waals surface area contributed by atoms with E-state index >= 15 is 0 Å². The Morgan fingerprint density at radius 3 is 2.68 bits per heavy atom. The lowest BCUT2D eigenvalue weighted by Crippen LogP contribution is -2.40. The number of hydrogen-bond donors (Lipinski definition) is 2. The summed E-state index contributed by atoms with van der Waals surface area (Å²) in [6, 6.07) is 10.9. The fraction of sp³-hybridized carbons (Fsp3) is 0.389. The molecule has 0 aliphatic carbocycles. The van der Waals surface area contributed by atoms with Gasteiger partial charge in [-0.25, -0.2) is 4.79 Å². The average Bonchev–Trinajstić information content (AvgIpc) is 3.13. The molecule has 7 nitrogen and oxygen atoms in total. The van der Waals surface area contributed by atoms with Crippen LogP contribution in [0.5, 0.6) is 0 Å². The van der Waals surface area contributed by atoms with E-state index in [4.69, 9.17) is 0 Å². The first-order chi connectivity index (χ1) is 12.0. The minimum atomic E-state index is -0.316. The molecule has 0 saturated carbocycles. The molecule has 0 bridgehead atoms. The second kappa shape index (κ2) is 7.38. The van der Waals surface area contributed by atoms with Gasteiger partial charge in [-0.15, -0.1) is 0 Å². The highest BCUT2D eigenvalue weighted by Crippen LogP contribution is 2.19. The number of likely N-dealkylation sites (tertiary alicyclic amines) is 1. The molecule has 2 heterocycles. The number of urea groups is 1. The van der Waals surface area contributed by atoms with Crippen molar-refractivity contribution in [1.82, 2.24) is 20.0 Å². The summed E-state index contributed by atoms with van der Waals surface area (Å²) in [5.41, 5.74) is 1.80. The second-order valence-electron chi connectivity index (χ2n) is 6.30. The van der Waals surface area contributed by atoms with Gasteiger partial charge in [0.1, 0.15) is 5.82 Å². The van der Waals surface area contributed by atoms with Crippen LogP contribution in [0.15, 0.2) is 36.4 Å². The molecule has 7 heteroatoms. The monoisotopic (exact) mass is 341 g/mol. The summed E-state index contributed by atoms with van der Waals surface area (Å²) in [6.45, 7) is 3.09. The van der Waals surface area contributed by atoms with E-state index in [1.54, 1.807) is 17.8 Å². The molecule has 1 aromatic heterocycles. The van der Waals surface area contributed by atoms with E-state index in [1.165, 1.54) is 0 Å². The van der Waals surface area contributed by atoms with Crippen LogP contribution < -0.4 is 10.6 Å². The van der Waals surface area contributed by atoms with Crippen LogP contribution in [0.25, 0.3) is 0 Å². The van der Waals surface area contributed by atoms with Crippen molar-refractivity contribution in [3.05, 3.63) is 47.7 Å². The van der Waals surface area contributed by atoms with Crippen LogP contribution in [-0.4, -0.2) is 39.7 Å². The minimum absolute atomic E-state index is 0.144. The zero-order valence-electron chi connectivity index (χ0n) is 14.5. The van der Waals surface area contributed by atoms with Crippen molar-refractivity contribution in [3.8, 4) is 0 Å². The number of aryl methyl sites for hydroxylation is 2. The summed E-state index contributed by atoms with van der Waals surface area (Å²) < 4.78 is 1.62. The predicted molar refractivity (Wildman–Crippen MR) is 95.1 cm³/mol. The van der Waals surface area contributed by atoms with Gasteiger partial charge in [0.25, 0.3) is 0 Å². The molecule has 2 aromatic rings. The van der Waals surface area contributed by atoms with E-state index in [1.807, 2.05) is 42.2 Å². The van der Waals surface area contributed by atoms with Gasteiger partial charge in [0.15, 0.2) is 0 Å². The maximum atomic E-state index is 12.4. The number of amides is 3. The molecule has 2 N–H and O–H groups in total. The molecule has 25 heavy (non-hydrogen) atoms. The fourth-order valence-electron chi connectivity index (χ4n) is 3.08. The van der Waals surface area contributed by atoms with Gasteiger partial charge in [0.05, 0.1) is 11.7 Å². The van der Waals surface area contributed by atoms with Crippen molar-refractivity contribution in [1.29, 1.82) is 0 Å². The van der Waals surface area contributed by atoms with Crippen molar-refractivity contribution >= 4 is 17.8 Å². The number of benzene rings is 1. The first-order valence-corrected chi connectivity index (χ1v) is 8.44. The summed E-state index contributed by atoms with van der Waals surface area (Å²) in [5, 5.41) is 10.0. The Labute approximate surface area is 147 Å². The minimum Gasteiger partial charge on any atom is -0.340 e. The third-order valence-corrected chi connectivity index (χ3v) is 4.33. The Kier molecular flexibility index (Phi) is 5.02. The Hall–Kier alpha value is -2.83. The predicted octanol–water partition coefficient (Wildman–Crippen LogP) is 2.21. The lowest BCUT2D eigenvalue weighted by molar-refractivity contribution is -0.128. The number of anilines is 1. The first kappa shape index (κ1) is 17.0. The molecular weight excluding hydrogens is 318 g/mol. The molecule has 3 rings (SSSR count). The number of hydrogen-bond acceptors (Lipinski definition) is 3. The zero-order valence-corrected chi connectivity index (χ0v) is 14.5. The van der Waals surface area contributed by atoms with E-state index in [2.05, 4.69) is 15.7 Å². The third-order valence-electron chi connectivity index (χ3n) is 4.33. The Bertz CT molecular complexity index is 756. The maximum Gasteiger partial charge on any atom is 0.320 e. The normalized spacial score (nSPS) is 15.3. The van der Waals surface area contributed by atoms with Crippen LogP contribution in [0.3, 0.4) is 0 Å².